The molecule has 0 radical (unpaired) electrons. The van der Waals surface area contributed by atoms with Crippen LogP contribution in [-0.2, 0) is 4.74 Å². The molecule has 1 aromatic heterocycles. The van der Waals surface area contributed by atoms with Crippen molar-refractivity contribution in [1.29, 1.82) is 0 Å². The summed E-state index contributed by atoms with van der Waals surface area (Å²) < 4.78 is 10.1. The summed E-state index contributed by atoms with van der Waals surface area (Å²) in [7, 11) is 0. The number of ether oxygens (including phenoxy) is 1. The van der Waals surface area contributed by atoms with Crippen LogP contribution in [0.4, 0.5) is 0 Å². The molecular formula is C14H13NO4. The maximum absolute atomic E-state index is 10.7. The molecule has 1 fully saturated rings. The quantitative estimate of drug-likeness (QED) is 0.917. The second kappa shape index (κ2) is 4.85. The van der Waals surface area contributed by atoms with Crippen LogP contribution in [-0.4, -0.2) is 29.4 Å². The number of aromatic carboxylic acids is 1. The van der Waals surface area contributed by atoms with Gasteiger partial charge in [-0.25, -0.2) is 4.79 Å². The van der Waals surface area contributed by atoms with Gasteiger partial charge in [0.25, 0.3) is 0 Å². The van der Waals surface area contributed by atoms with Crippen molar-refractivity contribution in [3.63, 3.8) is 0 Å². The summed E-state index contributed by atoms with van der Waals surface area (Å²) in [5.41, 5.74) is 2.62. The van der Waals surface area contributed by atoms with Crippen LogP contribution in [0.15, 0.2) is 34.9 Å². The number of rotatable bonds is 3. The normalized spacial score (nSPS) is 18.6. The number of carboxylic acids is 1. The van der Waals surface area contributed by atoms with Crippen LogP contribution in [0.5, 0.6) is 0 Å². The molecule has 1 aliphatic rings. The smallest absolute Gasteiger partial charge is 0.374 e. The highest BCUT2D eigenvalue weighted by Crippen LogP contribution is 2.27. The van der Waals surface area contributed by atoms with Gasteiger partial charge < -0.3 is 14.4 Å². The second-order valence-electron chi connectivity index (χ2n) is 4.56. The molecule has 1 aliphatic heterocycles. The van der Waals surface area contributed by atoms with Crippen molar-refractivity contribution in [2.75, 3.05) is 13.2 Å². The molecule has 1 unspecified atom stereocenters. The van der Waals surface area contributed by atoms with Gasteiger partial charge in [0.15, 0.2) is 0 Å². The summed E-state index contributed by atoms with van der Waals surface area (Å²) in [5.74, 6) is -0.803. The molecule has 0 aliphatic carbocycles. The fourth-order valence-electron chi connectivity index (χ4n) is 2.24. The number of aromatic nitrogens is 1. The van der Waals surface area contributed by atoms with Gasteiger partial charge in [-0.15, -0.1) is 0 Å². The Kier molecular flexibility index (Phi) is 3.05. The summed E-state index contributed by atoms with van der Waals surface area (Å²) in [5, 5.41) is 12.5. The van der Waals surface area contributed by atoms with E-state index < -0.39 is 5.97 Å². The third kappa shape index (κ3) is 2.37. The van der Waals surface area contributed by atoms with Crippen molar-refractivity contribution in [2.24, 2.45) is 0 Å². The van der Waals surface area contributed by atoms with Gasteiger partial charge in [-0.3, -0.25) is 0 Å². The monoisotopic (exact) mass is 259 g/mol. The lowest BCUT2D eigenvalue weighted by Gasteiger charge is -2.07. The van der Waals surface area contributed by atoms with E-state index in [4.69, 9.17) is 14.4 Å². The Morgan fingerprint density at radius 1 is 1.32 bits per heavy atom. The third-order valence-electron chi connectivity index (χ3n) is 3.33. The largest absolute Gasteiger partial charge is 0.475 e. The molecule has 5 heteroatoms. The highest BCUT2D eigenvalue weighted by molar-refractivity contribution is 5.85. The number of nitrogens with zero attached hydrogens (tertiary/aromatic N) is 1. The Balaban J connectivity index is 1.82. The van der Waals surface area contributed by atoms with E-state index in [0.717, 1.165) is 25.2 Å². The number of carboxylic acid groups (broad SMARTS) is 1. The molecule has 1 aromatic carbocycles. The van der Waals surface area contributed by atoms with Crippen molar-refractivity contribution >= 4 is 5.97 Å². The Labute approximate surface area is 109 Å². The van der Waals surface area contributed by atoms with Crippen molar-refractivity contribution in [2.45, 2.75) is 12.3 Å². The Morgan fingerprint density at radius 3 is 2.68 bits per heavy atom. The Morgan fingerprint density at radius 2 is 2.11 bits per heavy atom. The van der Waals surface area contributed by atoms with Gasteiger partial charge in [0, 0.05) is 24.2 Å². The van der Waals surface area contributed by atoms with Gasteiger partial charge in [0.1, 0.15) is 5.69 Å². The second-order valence-corrected chi connectivity index (χ2v) is 4.56. The summed E-state index contributed by atoms with van der Waals surface area (Å²) in [6.45, 7) is 1.59. The van der Waals surface area contributed by atoms with Crippen LogP contribution in [0.3, 0.4) is 0 Å². The van der Waals surface area contributed by atoms with Crippen molar-refractivity contribution < 1.29 is 19.2 Å². The molecule has 0 bridgehead atoms. The summed E-state index contributed by atoms with van der Waals surface area (Å²) in [4.78, 5) is 10.7. The zero-order valence-electron chi connectivity index (χ0n) is 10.2. The Bertz CT molecular complexity index is 582. The van der Waals surface area contributed by atoms with Gasteiger partial charge in [-0.05, 0) is 12.0 Å². The molecule has 1 N–H and O–H groups in total. The molecule has 3 rings (SSSR count). The minimum absolute atomic E-state index is 0.150. The molecule has 2 heterocycles. The van der Waals surface area contributed by atoms with Crippen LogP contribution >= 0.6 is 0 Å². The van der Waals surface area contributed by atoms with Crippen molar-refractivity contribution in [3.05, 3.63) is 41.7 Å². The van der Waals surface area contributed by atoms with E-state index in [1.54, 1.807) is 0 Å². The molecule has 19 heavy (non-hydrogen) atoms. The Hall–Kier alpha value is -2.14. The van der Waals surface area contributed by atoms with Gasteiger partial charge in [-0.2, -0.15) is 0 Å². The predicted octanol–water partition coefficient (Wildman–Crippen LogP) is 2.54. The van der Waals surface area contributed by atoms with Crippen molar-refractivity contribution in [1.82, 2.24) is 5.16 Å². The number of hydrogen-bond donors (Lipinski definition) is 1. The zero-order valence-corrected chi connectivity index (χ0v) is 10.2. The molecule has 0 amide bonds. The first-order chi connectivity index (χ1) is 9.24. The maximum Gasteiger partial charge on any atom is 0.374 e. The summed E-state index contributed by atoms with van der Waals surface area (Å²) >= 11 is 0. The highest BCUT2D eigenvalue weighted by Gasteiger charge is 2.18. The minimum Gasteiger partial charge on any atom is -0.475 e. The SMILES string of the molecule is O=C(O)c1cc(-c2ccc(C3CCOC3)cc2)no1. The molecule has 1 saturated heterocycles. The zero-order chi connectivity index (χ0) is 13.2. The van der Waals surface area contributed by atoms with Crippen molar-refractivity contribution in [3.8, 4) is 11.3 Å². The van der Waals surface area contributed by atoms with E-state index in [1.807, 2.05) is 24.3 Å². The van der Waals surface area contributed by atoms with E-state index in [2.05, 4.69) is 5.16 Å². The lowest BCUT2D eigenvalue weighted by Crippen LogP contribution is -1.96. The fourth-order valence-corrected chi connectivity index (χ4v) is 2.24. The number of hydrogen-bond acceptors (Lipinski definition) is 4. The van der Waals surface area contributed by atoms with Gasteiger partial charge in [0.2, 0.25) is 5.76 Å². The molecule has 98 valence electrons. The molecule has 2 aromatic rings. The van der Waals surface area contributed by atoms with E-state index >= 15 is 0 Å². The van der Waals surface area contributed by atoms with Crippen LogP contribution in [0.25, 0.3) is 11.3 Å². The van der Waals surface area contributed by atoms with Gasteiger partial charge in [-0.1, -0.05) is 29.4 Å². The minimum atomic E-state index is -1.11. The number of benzene rings is 1. The van der Waals surface area contributed by atoms with E-state index in [0.29, 0.717) is 11.6 Å². The molecule has 1 atom stereocenters. The average Bonchev–Trinajstić information content (AvgIpc) is 3.11. The molecule has 5 nitrogen and oxygen atoms in total. The molecule has 0 spiro atoms. The predicted molar refractivity (Wildman–Crippen MR) is 67.1 cm³/mol. The lowest BCUT2D eigenvalue weighted by atomic mass is 9.97. The lowest BCUT2D eigenvalue weighted by molar-refractivity contribution is 0.0652. The van der Waals surface area contributed by atoms with E-state index in [-0.39, 0.29) is 5.76 Å². The van der Waals surface area contributed by atoms with Gasteiger partial charge >= 0.3 is 5.97 Å². The van der Waals surface area contributed by atoms with E-state index in [1.165, 1.54) is 11.6 Å². The first-order valence-corrected chi connectivity index (χ1v) is 6.12. The van der Waals surface area contributed by atoms with Crippen LogP contribution in [0.1, 0.15) is 28.5 Å². The standard InChI is InChI=1S/C14H13NO4/c16-14(17)13-7-12(15-19-13)10-3-1-9(2-4-10)11-5-6-18-8-11/h1-4,7,11H,5-6,8H2,(H,16,17). The number of carbonyl (C=O) groups is 1. The molecular weight excluding hydrogens is 246 g/mol. The summed E-state index contributed by atoms with van der Waals surface area (Å²) in [6, 6.07) is 9.35. The third-order valence-corrected chi connectivity index (χ3v) is 3.33. The summed E-state index contributed by atoms with van der Waals surface area (Å²) in [6.07, 6.45) is 1.05. The van der Waals surface area contributed by atoms with Gasteiger partial charge in [0.05, 0.1) is 6.61 Å². The first kappa shape index (κ1) is 11.9. The topological polar surface area (TPSA) is 72.6 Å². The van der Waals surface area contributed by atoms with E-state index in [9.17, 15) is 4.79 Å². The van der Waals surface area contributed by atoms with Crippen LogP contribution < -0.4 is 0 Å². The maximum atomic E-state index is 10.7. The van der Waals surface area contributed by atoms with Crippen LogP contribution in [0.2, 0.25) is 0 Å². The average molecular weight is 259 g/mol. The molecule has 0 saturated carbocycles. The fraction of sp³-hybridized carbons (Fsp3) is 0.286. The highest BCUT2D eigenvalue weighted by atomic mass is 16.5. The first-order valence-electron chi connectivity index (χ1n) is 6.12. The van der Waals surface area contributed by atoms with Crippen LogP contribution in [0, 0.1) is 0 Å².